The van der Waals surface area contributed by atoms with Crippen LogP contribution >= 0.6 is 11.6 Å². The summed E-state index contributed by atoms with van der Waals surface area (Å²) >= 11 is 5.70. The van der Waals surface area contributed by atoms with Crippen LogP contribution in [0, 0.1) is 0 Å². The molecule has 0 saturated carbocycles. The molecule has 4 nitrogen and oxygen atoms in total. The molecule has 0 amide bonds. The number of hydrogen-bond acceptors (Lipinski definition) is 4. The molecule has 0 radical (unpaired) electrons. The molecule has 0 aromatic rings. The Labute approximate surface area is 95.8 Å². The van der Waals surface area contributed by atoms with E-state index in [0.717, 1.165) is 38.0 Å². The summed E-state index contributed by atoms with van der Waals surface area (Å²) in [6, 6.07) is 0. The van der Waals surface area contributed by atoms with Gasteiger partial charge in [0, 0.05) is 32.7 Å². The van der Waals surface area contributed by atoms with Crippen molar-refractivity contribution in [1.29, 1.82) is 0 Å². The minimum Gasteiger partial charge on any atom is -0.358 e. The van der Waals surface area contributed by atoms with Crippen molar-refractivity contribution in [3.05, 3.63) is 11.9 Å². The van der Waals surface area contributed by atoms with Crippen LogP contribution in [0.3, 0.4) is 0 Å². The summed E-state index contributed by atoms with van der Waals surface area (Å²) in [7, 11) is 4.15. The van der Waals surface area contributed by atoms with Crippen LogP contribution < -0.4 is 0 Å². The number of alkyl halides is 1. The van der Waals surface area contributed by atoms with Gasteiger partial charge in [-0.05, 0) is 6.42 Å². The second kappa shape index (κ2) is 4.31. The van der Waals surface area contributed by atoms with Gasteiger partial charge in [-0.15, -0.1) is 11.6 Å². The minimum atomic E-state index is 0.722. The van der Waals surface area contributed by atoms with E-state index in [1.165, 1.54) is 5.70 Å². The SMILES string of the molecule is CN1CN=C2C1=CN(CCCCl)CN2C. The van der Waals surface area contributed by atoms with Crippen molar-refractivity contribution in [2.45, 2.75) is 6.42 Å². The van der Waals surface area contributed by atoms with Crippen LogP contribution in [0.15, 0.2) is 16.9 Å². The van der Waals surface area contributed by atoms with E-state index in [1.54, 1.807) is 0 Å². The molecule has 0 atom stereocenters. The Hall–Kier alpha value is -0.900. The number of hydrogen-bond donors (Lipinski definition) is 0. The first-order chi connectivity index (χ1) is 7.22. The number of amidine groups is 1. The highest BCUT2D eigenvalue weighted by atomic mass is 35.5. The molecule has 0 unspecified atom stereocenters. The number of halogens is 1. The molecule has 0 aliphatic carbocycles. The summed E-state index contributed by atoms with van der Waals surface area (Å²) in [5, 5.41) is 0. The fourth-order valence-corrected chi connectivity index (χ4v) is 2.04. The Balaban J connectivity index is 2.10. The molecule has 5 heteroatoms. The van der Waals surface area contributed by atoms with Gasteiger partial charge in [-0.2, -0.15) is 0 Å². The Morgan fingerprint density at radius 1 is 1.40 bits per heavy atom. The highest BCUT2D eigenvalue weighted by Gasteiger charge is 2.27. The van der Waals surface area contributed by atoms with Gasteiger partial charge in [0.25, 0.3) is 0 Å². The zero-order valence-corrected chi connectivity index (χ0v) is 10.0. The van der Waals surface area contributed by atoms with Crippen molar-refractivity contribution in [1.82, 2.24) is 14.7 Å². The number of nitrogens with zero attached hydrogens (tertiary/aromatic N) is 4. The van der Waals surface area contributed by atoms with Gasteiger partial charge >= 0.3 is 0 Å². The Kier molecular flexibility index (Phi) is 3.05. The molecule has 2 rings (SSSR count). The molecule has 0 aromatic heterocycles. The van der Waals surface area contributed by atoms with Crippen molar-refractivity contribution in [3.8, 4) is 0 Å². The first-order valence-corrected chi connectivity index (χ1v) is 5.75. The lowest BCUT2D eigenvalue weighted by Gasteiger charge is -2.34. The van der Waals surface area contributed by atoms with Gasteiger partial charge in [0.05, 0.1) is 12.4 Å². The summed E-state index contributed by atoms with van der Waals surface area (Å²) in [5.74, 6) is 1.83. The molecule has 2 aliphatic heterocycles. The molecule has 0 fully saturated rings. The molecular weight excluding hydrogens is 212 g/mol. The van der Waals surface area contributed by atoms with Gasteiger partial charge in [-0.25, -0.2) is 4.99 Å². The topological polar surface area (TPSA) is 22.1 Å². The number of rotatable bonds is 3. The second-order valence-corrected chi connectivity index (χ2v) is 4.41. The number of likely N-dealkylation sites (N-methyl/N-ethyl adjacent to an activating group) is 2. The fraction of sp³-hybridized carbons (Fsp3) is 0.700. The van der Waals surface area contributed by atoms with Crippen molar-refractivity contribution in [2.24, 2.45) is 4.99 Å². The summed E-state index contributed by atoms with van der Waals surface area (Å²) < 4.78 is 0. The van der Waals surface area contributed by atoms with Gasteiger partial charge < -0.3 is 14.7 Å². The van der Waals surface area contributed by atoms with Gasteiger partial charge in [0.2, 0.25) is 0 Å². The summed E-state index contributed by atoms with van der Waals surface area (Å²) in [6.07, 6.45) is 3.22. The van der Waals surface area contributed by atoms with E-state index in [-0.39, 0.29) is 0 Å². The van der Waals surface area contributed by atoms with Crippen LogP contribution in [0.25, 0.3) is 0 Å². The van der Waals surface area contributed by atoms with E-state index in [2.05, 4.69) is 40.0 Å². The highest BCUT2D eigenvalue weighted by Crippen LogP contribution is 2.20. The zero-order chi connectivity index (χ0) is 10.8. The maximum Gasteiger partial charge on any atom is 0.152 e. The highest BCUT2D eigenvalue weighted by molar-refractivity contribution is 6.17. The second-order valence-electron chi connectivity index (χ2n) is 4.03. The predicted molar refractivity (Wildman–Crippen MR) is 62.8 cm³/mol. The van der Waals surface area contributed by atoms with Crippen molar-refractivity contribution < 1.29 is 0 Å². The van der Waals surface area contributed by atoms with Crippen LogP contribution in [-0.4, -0.2) is 60.4 Å². The van der Waals surface area contributed by atoms with Gasteiger partial charge in [-0.1, -0.05) is 0 Å². The lowest BCUT2D eigenvalue weighted by Crippen LogP contribution is -2.43. The standard InChI is InChI=1S/C10H17ClN4/c1-13-7-12-10-9(13)6-15(5-3-4-11)8-14(10)2/h6H,3-5,7-8H2,1-2H3. The van der Waals surface area contributed by atoms with E-state index in [4.69, 9.17) is 11.6 Å². The van der Waals surface area contributed by atoms with Crippen LogP contribution in [0.2, 0.25) is 0 Å². The molecule has 0 spiro atoms. The number of fused-ring (bicyclic) bond motifs is 1. The third-order valence-corrected chi connectivity index (χ3v) is 2.98. The first kappa shape index (κ1) is 10.6. The Bertz CT molecular complexity index is 300. The third-order valence-electron chi connectivity index (χ3n) is 2.71. The minimum absolute atomic E-state index is 0.722. The van der Waals surface area contributed by atoms with Crippen LogP contribution in [-0.2, 0) is 0 Å². The zero-order valence-electron chi connectivity index (χ0n) is 9.28. The molecule has 15 heavy (non-hydrogen) atoms. The molecule has 2 heterocycles. The molecule has 0 aromatic carbocycles. The largest absolute Gasteiger partial charge is 0.358 e. The summed E-state index contributed by atoms with van der Waals surface area (Å²) in [4.78, 5) is 11.1. The molecule has 0 bridgehead atoms. The van der Waals surface area contributed by atoms with E-state index < -0.39 is 0 Å². The number of aliphatic imine (C=N–C) groups is 1. The van der Waals surface area contributed by atoms with Gasteiger partial charge in [0.1, 0.15) is 6.67 Å². The van der Waals surface area contributed by atoms with Crippen LogP contribution in [0.5, 0.6) is 0 Å². The smallest absolute Gasteiger partial charge is 0.152 e. The molecule has 0 saturated heterocycles. The van der Waals surface area contributed by atoms with E-state index >= 15 is 0 Å². The molecule has 2 aliphatic rings. The van der Waals surface area contributed by atoms with Crippen LogP contribution in [0.1, 0.15) is 6.42 Å². The first-order valence-electron chi connectivity index (χ1n) is 5.21. The Morgan fingerprint density at radius 3 is 2.93 bits per heavy atom. The monoisotopic (exact) mass is 228 g/mol. The van der Waals surface area contributed by atoms with E-state index in [9.17, 15) is 0 Å². The van der Waals surface area contributed by atoms with Crippen molar-refractivity contribution in [2.75, 3.05) is 39.9 Å². The van der Waals surface area contributed by atoms with Gasteiger partial charge in [0.15, 0.2) is 5.84 Å². The maximum absolute atomic E-state index is 5.70. The molecule has 84 valence electrons. The van der Waals surface area contributed by atoms with Crippen molar-refractivity contribution in [3.63, 3.8) is 0 Å². The van der Waals surface area contributed by atoms with Crippen LogP contribution in [0.4, 0.5) is 0 Å². The average molecular weight is 229 g/mol. The molecular formula is C10H17ClN4. The molecule has 0 N–H and O–H groups in total. The quantitative estimate of drug-likeness (QED) is 0.672. The normalized spacial score (nSPS) is 20.3. The fourth-order valence-electron chi connectivity index (χ4n) is 1.92. The van der Waals surface area contributed by atoms with E-state index in [1.807, 2.05) is 0 Å². The lowest BCUT2D eigenvalue weighted by molar-refractivity contribution is 0.255. The third kappa shape index (κ3) is 2.04. The predicted octanol–water partition coefficient (Wildman–Crippen LogP) is 0.963. The average Bonchev–Trinajstić information content (AvgIpc) is 2.58. The van der Waals surface area contributed by atoms with Gasteiger partial charge in [-0.3, -0.25) is 0 Å². The summed E-state index contributed by atoms with van der Waals surface area (Å²) in [5.41, 5.74) is 1.22. The maximum atomic E-state index is 5.70. The Morgan fingerprint density at radius 2 is 2.20 bits per heavy atom. The lowest BCUT2D eigenvalue weighted by atomic mass is 10.3. The van der Waals surface area contributed by atoms with Crippen molar-refractivity contribution >= 4 is 17.4 Å². The summed E-state index contributed by atoms with van der Waals surface area (Å²) in [6.45, 7) is 2.69. The van der Waals surface area contributed by atoms with E-state index in [0.29, 0.717) is 0 Å².